The molecule has 2 aromatic rings. The molecule has 1 fully saturated rings. The number of aryl methyl sites for hydroxylation is 1. The normalized spacial score (nSPS) is 14.4. The molecule has 6 heteroatoms. The molecular weight excluding hydrogens is 340 g/mol. The molecule has 6 nitrogen and oxygen atoms in total. The number of nitrogens with zero attached hydrogens (tertiary/aromatic N) is 1. The van der Waals surface area contributed by atoms with E-state index in [2.05, 4.69) is 28.6 Å². The van der Waals surface area contributed by atoms with Crippen molar-refractivity contribution in [3.63, 3.8) is 0 Å². The third kappa shape index (κ3) is 5.55. The minimum atomic E-state index is 0.796. The van der Waals surface area contributed by atoms with E-state index in [4.69, 9.17) is 14.5 Å². The van der Waals surface area contributed by atoms with E-state index in [0.29, 0.717) is 0 Å². The van der Waals surface area contributed by atoms with Gasteiger partial charge in [-0.15, -0.1) is 0 Å². The van der Waals surface area contributed by atoms with Crippen molar-refractivity contribution in [3.05, 3.63) is 23.9 Å². The summed E-state index contributed by atoms with van der Waals surface area (Å²) in [6, 6.07) is 6.09. The molecule has 27 heavy (non-hydrogen) atoms. The maximum atomic E-state index is 5.49. The molecule has 0 spiro atoms. The number of guanidine groups is 1. The summed E-state index contributed by atoms with van der Waals surface area (Å²) < 4.78 is 10.8. The van der Waals surface area contributed by atoms with E-state index in [0.717, 1.165) is 66.8 Å². The number of benzene rings is 1. The SMILES string of the molecule is CCNC(=NCCCc1cc2c(OC)cc(OC)cc2[nH]1)NCCC1CC1. The van der Waals surface area contributed by atoms with Crippen molar-refractivity contribution in [3.8, 4) is 11.5 Å². The van der Waals surface area contributed by atoms with Gasteiger partial charge in [0, 0.05) is 42.8 Å². The lowest BCUT2D eigenvalue weighted by molar-refractivity contribution is 0.398. The van der Waals surface area contributed by atoms with Crippen LogP contribution in [0.3, 0.4) is 0 Å². The third-order valence-corrected chi connectivity index (χ3v) is 4.95. The number of ether oxygens (including phenoxy) is 2. The predicted molar refractivity (Wildman–Crippen MR) is 111 cm³/mol. The van der Waals surface area contributed by atoms with E-state index in [1.54, 1.807) is 14.2 Å². The zero-order chi connectivity index (χ0) is 19.1. The van der Waals surface area contributed by atoms with Gasteiger partial charge in [-0.2, -0.15) is 0 Å². The fourth-order valence-electron chi connectivity index (χ4n) is 3.26. The van der Waals surface area contributed by atoms with Crippen LogP contribution in [-0.2, 0) is 6.42 Å². The lowest BCUT2D eigenvalue weighted by atomic mass is 10.2. The summed E-state index contributed by atoms with van der Waals surface area (Å²) in [4.78, 5) is 8.17. The first-order chi connectivity index (χ1) is 13.2. The highest BCUT2D eigenvalue weighted by atomic mass is 16.5. The molecule has 1 aromatic heterocycles. The summed E-state index contributed by atoms with van der Waals surface area (Å²) >= 11 is 0. The predicted octanol–water partition coefficient (Wildman–Crippen LogP) is 3.47. The molecule has 1 heterocycles. The Balaban J connectivity index is 1.53. The smallest absolute Gasteiger partial charge is 0.191 e. The summed E-state index contributed by atoms with van der Waals surface area (Å²) in [6.45, 7) is 4.80. The molecular formula is C21H32N4O2. The number of rotatable bonds is 10. The van der Waals surface area contributed by atoms with Crippen LogP contribution in [-0.4, -0.2) is 44.8 Å². The number of aromatic amines is 1. The van der Waals surface area contributed by atoms with E-state index in [-0.39, 0.29) is 0 Å². The molecule has 3 N–H and O–H groups in total. The van der Waals surface area contributed by atoms with Gasteiger partial charge in [-0.3, -0.25) is 4.99 Å². The summed E-state index contributed by atoms with van der Waals surface area (Å²) in [5.41, 5.74) is 2.23. The molecule has 148 valence electrons. The lowest BCUT2D eigenvalue weighted by Crippen LogP contribution is -2.38. The molecule has 0 aliphatic heterocycles. The molecule has 0 saturated heterocycles. The summed E-state index contributed by atoms with van der Waals surface area (Å²) in [6.07, 6.45) is 5.99. The van der Waals surface area contributed by atoms with E-state index < -0.39 is 0 Å². The Morgan fingerprint density at radius 2 is 2.04 bits per heavy atom. The first kappa shape index (κ1) is 19.4. The van der Waals surface area contributed by atoms with Crippen molar-refractivity contribution in [1.82, 2.24) is 15.6 Å². The number of aromatic nitrogens is 1. The van der Waals surface area contributed by atoms with Crippen molar-refractivity contribution in [2.45, 2.75) is 39.0 Å². The van der Waals surface area contributed by atoms with Crippen LogP contribution in [0.4, 0.5) is 0 Å². The van der Waals surface area contributed by atoms with E-state index >= 15 is 0 Å². The van der Waals surface area contributed by atoms with Gasteiger partial charge in [-0.1, -0.05) is 12.8 Å². The van der Waals surface area contributed by atoms with Gasteiger partial charge in [0.25, 0.3) is 0 Å². The molecule has 1 aliphatic carbocycles. The van der Waals surface area contributed by atoms with Gasteiger partial charge in [0.1, 0.15) is 11.5 Å². The van der Waals surface area contributed by atoms with E-state index in [9.17, 15) is 0 Å². The molecule has 0 unspecified atom stereocenters. The second-order valence-corrected chi connectivity index (χ2v) is 7.11. The summed E-state index contributed by atoms with van der Waals surface area (Å²) in [7, 11) is 3.36. The van der Waals surface area contributed by atoms with Crippen LogP contribution in [0.2, 0.25) is 0 Å². The van der Waals surface area contributed by atoms with Crippen LogP contribution in [0.25, 0.3) is 10.9 Å². The molecule has 1 saturated carbocycles. The average Bonchev–Trinajstić information content (AvgIpc) is 3.41. The Bertz CT molecular complexity index is 765. The van der Waals surface area contributed by atoms with Gasteiger partial charge >= 0.3 is 0 Å². The zero-order valence-corrected chi connectivity index (χ0v) is 16.7. The molecule has 0 radical (unpaired) electrons. The van der Waals surface area contributed by atoms with Gasteiger partial charge in [0.05, 0.1) is 19.7 Å². The number of H-pyrrole nitrogens is 1. The number of fused-ring (bicyclic) bond motifs is 1. The van der Waals surface area contributed by atoms with Crippen molar-refractivity contribution in [2.24, 2.45) is 10.9 Å². The van der Waals surface area contributed by atoms with E-state index in [1.165, 1.54) is 25.0 Å². The van der Waals surface area contributed by atoms with Crippen molar-refractivity contribution in [2.75, 3.05) is 33.9 Å². The van der Waals surface area contributed by atoms with Crippen molar-refractivity contribution in [1.29, 1.82) is 0 Å². The second-order valence-electron chi connectivity index (χ2n) is 7.11. The maximum Gasteiger partial charge on any atom is 0.191 e. The molecule has 0 bridgehead atoms. The van der Waals surface area contributed by atoms with Crippen LogP contribution >= 0.6 is 0 Å². The molecule has 0 atom stereocenters. The van der Waals surface area contributed by atoms with Crippen molar-refractivity contribution >= 4 is 16.9 Å². The Hall–Kier alpha value is -2.37. The second kappa shape index (κ2) is 9.53. The quantitative estimate of drug-likeness (QED) is 0.339. The number of methoxy groups -OCH3 is 2. The van der Waals surface area contributed by atoms with Gasteiger partial charge in [-0.05, 0) is 38.2 Å². The van der Waals surface area contributed by atoms with E-state index in [1.807, 2.05) is 12.1 Å². The monoisotopic (exact) mass is 372 g/mol. The number of hydrogen-bond acceptors (Lipinski definition) is 3. The Kier molecular flexibility index (Phi) is 6.85. The fraction of sp³-hybridized carbons (Fsp3) is 0.571. The maximum absolute atomic E-state index is 5.49. The summed E-state index contributed by atoms with van der Waals surface area (Å²) in [5.74, 6) is 3.50. The van der Waals surface area contributed by atoms with Crippen LogP contribution in [0.15, 0.2) is 23.2 Å². The van der Waals surface area contributed by atoms with Gasteiger partial charge in [0.15, 0.2) is 5.96 Å². The zero-order valence-electron chi connectivity index (χ0n) is 16.7. The van der Waals surface area contributed by atoms with Crippen molar-refractivity contribution < 1.29 is 9.47 Å². The van der Waals surface area contributed by atoms with Gasteiger partial charge < -0.3 is 25.1 Å². The third-order valence-electron chi connectivity index (χ3n) is 4.95. The van der Waals surface area contributed by atoms with Crippen LogP contribution in [0.1, 0.15) is 38.3 Å². The number of hydrogen-bond donors (Lipinski definition) is 3. The lowest BCUT2D eigenvalue weighted by Gasteiger charge is -2.10. The van der Waals surface area contributed by atoms with Gasteiger partial charge in [-0.25, -0.2) is 0 Å². The highest BCUT2D eigenvalue weighted by Crippen LogP contribution is 2.32. The first-order valence-electron chi connectivity index (χ1n) is 9.99. The highest BCUT2D eigenvalue weighted by molar-refractivity contribution is 5.88. The van der Waals surface area contributed by atoms with Crippen LogP contribution < -0.4 is 20.1 Å². The molecule has 1 aromatic carbocycles. The van der Waals surface area contributed by atoms with Crippen LogP contribution in [0, 0.1) is 5.92 Å². The molecule has 0 amide bonds. The number of aliphatic imine (C=N–C) groups is 1. The minimum Gasteiger partial charge on any atom is -0.497 e. The largest absolute Gasteiger partial charge is 0.497 e. The Morgan fingerprint density at radius 3 is 2.74 bits per heavy atom. The van der Waals surface area contributed by atoms with Crippen LogP contribution in [0.5, 0.6) is 11.5 Å². The molecule has 3 rings (SSSR count). The Morgan fingerprint density at radius 1 is 1.19 bits per heavy atom. The fourth-order valence-corrected chi connectivity index (χ4v) is 3.26. The highest BCUT2D eigenvalue weighted by Gasteiger charge is 2.20. The van der Waals surface area contributed by atoms with Gasteiger partial charge in [0.2, 0.25) is 0 Å². The topological polar surface area (TPSA) is 70.7 Å². The standard InChI is InChI=1S/C21H32N4O2/c1-4-22-21(24-11-9-15-7-8-15)23-10-5-6-16-12-18-19(25-16)13-17(26-2)14-20(18)27-3/h12-15,25H,4-11H2,1-3H3,(H2,22,23,24). The minimum absolute atomic E-state index is 0.796. The molecule has 1 aliphatic rings. The Labute approximate surface area is 161 Å². The average molecular weight is 373 g/mol. The summed E-state index contributed by atoms with van der Waals surface area (Å²) in [5, 5.41) is 7.86. The first-order valence-corrected chi connectivity index (χ1v) is 9.99. The number of nitrogens with one attached hydrogen (secondary N) is 3.